The number of hydrogen-bond donors (Lipinski definition) is 1. The highest BCUT2D eigenvalue weighted by Crippen LogP contribution is 2.27. The first-order valence-corrected chi connectivity index (χ1v) is 7.02. The highest BCUT2D eigenvalue weighted by Gasteiger charge is 2.16. The molecule has 0 aliphatic carbocycles. The van der Waals surface area contributed by atoms with Gasteiger partial charge < -0.3 is 9.47 Å². The maximum Gasteiger partial charge on any atom is 0.412 e. The van der Waals surface area contributed by atoms with Crippen LogP contribution in [0.15, 0.2) is 42.7 Å². The van der Waals surface area contributed by atoms with Crippen molar-refractivity contribution in [3.63, 3.8) is 0 Å². The summed E-state index contributed by atoms with van der Waals surface area (Å²) in [5.41, 5.74) is 1.03. The van der Waals surface area contributed by atoms with Crippen molar-refractivity contribution in [2.24, 2.45) is 0 Å². The lowest BCUT2D eigenvalue weighted by molar-refractivity contribution is 0.0636. The first kappa shape index (κ1) is 15.8. The van der Waals surface area contributed by atoms with Gasteiger partial charge in [0.2, 0.25) is 0 Å². The van der Waals surface area contributed by atoms with Gasteiger partial charge in [-0.3, -0.25) is 10.3 Å². The number of nitrogens with one attached hydrogen (secondary N) is 1. The minimum Gasteiger partial charge on any atom is -0.455 e. The number of benzene rings is 1. The molecule has 1 aromatic carbocycles. The predicted molar refractivity (Wildman–Crippen MR) is 85.3 cm³/mol. The van der Waals surface area contributed by atoms with Crippen LogP contribution in [0.1, 0.15) is 26.3 Å². The number of ether oxygens (including phenoxy) is 2. The number of amides is 1. The Hall–Kier alpha value is -2.56. The summed E-state index contributed by atoms with van der Waals surface area (Å²) in [4.78, 5) is 15.8. The molecule has 5 nitrogen and oxygen atoms in total. The van der Waals surface area contributed by atoms with E-state index in [1.54, 1.807) is 30.6 Å². The second-order valence-corrected chi connectivity index (χ2v) is 5.90. The Bertz CT molecular complexity index is 649. The van der Waals surface area contributed by atoms with Crippen molar-refractivity contribution in [1.29, 1.82) is 0 Å². The van der Waals surface area contributed by atoms with Crippen molar-refractivity contribution in [2.75, 3.05) is 5.32 Å². The molecule has 0 unspecified atom stereocenters. The zero-order valence-corrected chi connectivity index (χ0v) is 13.2. The molecule has 0 saturated carbocycles. The van der Waals surface area contributed by atoms with E-state index in [9.17, 15) is 4.79 Å². The lowest BCUT2D eigenvalue weighted by Crippen LogP contribution is -2.27. The molecular formula is C17H20N2O3. The monoisotopic (exact) mass is 300 g/mol. The molecule has 1 heterocycles. The summed E-state index contributed by atoms with van der Waals surface area (Å²) >= 11 is 0. The van der Waals surface area contributed by atoms with E-state index in [2.05, 4.69) is 10.3 Å². The van der Waals surface area contributed by atoms with E-state index in [0.29, 0.717) is 17.2 Å². The minimum absolute atomic E-state index is 0.497. The van der Waals surface area contributed by atoms with Gasteiger partial charge in [-0.15, -0.1) is 0 Å². The molecular weight excluding hydrogens is 280 g/mol. The van der Waals surface area contributed by atoms with Crippen molar-refractivity contribution >= 4 is 11.8 Å². The molecule has 1 amide bonds. The van der Waals surface area contributed by atoms with Crippen molar-refractivity contribution < 1.29 is 14.3 Å². The van der Waals surface area contributed by atoms with Gasteiger partial charge in [0.15, 0.2) is 0 Å². The summed E-state index contributed by atoms with van der Waals surface area (Å²) in [6, 6.07) is 9.05. The quantitative estimate of drug-likeness (QED) is 0.904. The maximum atomic E-state index is 11.8. The smallest absolute Gasteiger partial charge is 0.412 e. The standard InChI is InChI=1S/C17H20N2O3/c1-12-7-8-13(19-16(20)22-17(2,3)4)10-15(12)21-14-6-5-9-18-11-14/h5-11H,1-4H3,(H,19,20). The molecule has 1 aromatic heterocycles. The Morgan fingerprint density at radius 2 is 2.00 bits per heavy atom. The van der Waals surface area contributed by atoms with E-state index in [1.165, 1.54) is 0 Å². The predicted octanol–water partition coefficient (Wildman–Crippen LogP) is 4.53. The summed E-state index contributed by atoms with van der Waals surface area (Å²) in [5.74, 6) is 1.29. The fourth-order valence-corrected chi connectivity index (χ4v) is 1.74. The number of aryl methyl sites for hydroxylation is 1. The number of carbonyl (C=O) groups is 1. The second kappa shape index (κ2) is 6.47. The van der Waals surface area contributed by atoms with Crippen molar-refractivity contribution in [2.45, 2.75) is 33.3 Å². The van der Waals surface area contributed by atoms with Gasteiger partial charge in [-0.05, 0) is 51.5 Å². The van der Waals surface area contributed by atoms with Crippen molar-refractivity contribution in [1.82, 2.24) is 4.98 Å². The topological polar surface area (TPSA) is 60.5 Å². The lowest BCUT2D eigenvalue weighted by Gasteiger charge is -2.20. The van der Waals surface area contributed by atoms with Crippen LogP contribution in [0.3, 0.4) is 0 Å². The summed E-state index contributed by atoms with van der Waals surface area (Å²) in [7, 11) is 0. The van der Waals surface area contributed by atoms with E-state index < -0.39 is 11.7 Å². The van der Waals surface area contributed by atoms with Gasteiger partial charge in [0.05, 0.1) is 6.20 Å². The zero-order chi connectivity index (χ0) is 16.2. The second-order valence-electron chi connectivity index (χ2n) is 5.90. The van der Waals surface area contributed by atoms with Crippen LogP contribution < -0.4 is 10.1 Å². The Balaban J connectivity index is 2.11. The van der Waals surface area contributed by atoms with Crippen LogP contribution in [-0.2, 0) is 4.74 Å². The van der Waals surface area contributed by atoms with E-state index >= 15 is 0 Å². The zero-order valence-electron chi connectivity index (χ0n) is 13.2. The highest BCUT2D eigenvalue weighted by atomic mass is 16.6. The van der Waals surface area contributed by atoms with Gasteiger partial charge >= 0.3 is 6.09 Å². The summed E-state index contributed by atoms with van der Waals surface area (Å²) in [5, 5.41) is 2.70. The van der Waals surface area contributed by atoms with Gasteiger partial charge in [-0.25, -0.2) is 4.79 Å². The molecule has 22 heavy (non-hydrogen) atoms. The van der Waals surface area contributed by atoms with Crippen LogP contribution >= 0.6 is 0 Å². The fraction of sp³-hybridized carbons (Fsp3) is 0.294. The maximum absolute atomic E-state index is 11.8. The Kier molecular flexibility index (Phi) is 4.65. The molecule has 116 valence electrons. The molecule has 0 saturated heterocycles. The first-order valence-electron chi connectivity index (χ1n) is 7.02. The van der Waals surface area contributed by atoms with Gasteiger partial charge in [0, 0.05) is 18.0 Å². The molecule has 2 aromatic rings. The molecule has 0 aliphatic rings. The normalized spacial score (nSPS) is 10.9. The number of carbonyl (C=O) groups excluding carboxylic acids is 1. The molecule has 0 fully saturated rings. The third-order valence-electron chi connectivity index (χ3n) is 2.70. The van der Waals surface area contributed by atoms with Crippen molar-refractivity contribution in [3.8, 4) is 11.5 Å². The number of aromatic nitrogens is 1. The van der Waals surface area contributed by atoms with Gasteiger partial charge in [-0.2, -0.15) is 0 Å². The van der Waals surface area contributed by atoms with E-state index in [-0.39, 0.29) is 0 Å². The molecule has 1 N–H and O–H groups in total. The van der Waals surface area contributed by atoms with Gasteiger partial charge in [0.25, 0.3) is 0 Å². The van der Waals surface area contributed by atoms with Crippen LogP contribution in [0.5, 0.6) is 11.5 Å². The number of pyridine rings is 1. The summed E-state index contributed by atoms with van der Waals surface area (Å²) < 4.78 is 11.0. The van der Waals surface area contributed by atoms with E-state index in [1.807, 2.05) is 39.8 Å². The minimum atomic E-state index is -0.538. The summed E-state index contributed by atoms with van der Waals surface area (Å²) in [6.45, 7) is 7.39. The first-order chi connectivity index (χ1) is 10.3. The third kappa shape index (κ3) is 4.77. The average Bonchev–Trinajstić information content (AvgIpc) is 2.41. The molecule has 0 spiro atoms. The van der Waals surface area contributed by atoms with E-state index in [4.69, 9.17) is 9.47 Å². The van der Waals surface area contributed by atoms with Crippen LogP contribution in [0.2, 0.25) is 0 Å². The number of nitrogens with zero attached hydrogens (tertiary/aromatic N) is 1. The van der Waals surface area contributed by atoms with Crippen LogP contribution in [0.4, 0.5) is 10.5 Å². The Morgan fingerprint density at radius 1 is 1.23 bits per heavy atom. The lowest BCUT2D eigenvalue weighted by atomic mass is 10.2. The molecule has 5 heteroatoms. The van der Waals surface area contributed by atoms with Gasteiger partial charge in [0.1, 0.15) is 17.1 Å². The third-order valence-corrected chi connectivity index (χ3v) is 2.70. The molecule has 0 atom stereocenters. The van der Waals surface area contributed by atoms with Crippen molar-refractivity contribution in [3.05, 3.63) is 48.3 Å². The van der Waals surface area contributed by atoms with Crippen LogP contribution in [-0.4, -0.2) is 16.7 Å². The molecule has 0 bridgehead atoms. The summed E-state index contributed by atoms with van der Waals surface area (Å²) in [6.07, 6.45) is 2.82. The number of hydrogen-bond acceptors (Lipinski definition) is 4. The molecule has 2 rings (SSSR count). The average molecular weight is 300 g/mol. The fourth-order valence-electron chi connectivity index (χ4n) is 1.74. The van der Waals surface area contributed by atoms with Crippen LogP contribution in [0, 0.1) is 6.92 Å². The Labute approximate surface area is 130 Å². The molecule has 0 radical (unpaired) electrons. The van der Waals surface area contributed by atoms with E-state index in [0.717, 1.165) is 5.56 Å². The largest absolute Gasteiger partial charge is 0.455 e. The number of rotatable bonds is 3. The highest BCUT2D eigenvalue weighted by molar-refractivity contribution is 5.85. The SMILES string of the molecule is Cc1ccc(NC(=O)OC(C)(C)C)cc1Oc1cccnc1. The number of anilines is 1. The van der Waals surface area contributed by atoms with Crippen LogP contribution in [0.25, 0.3) is 0 Å². The Morgan fingerprint density at radius 3 is 2.64 bits per heavy atom. The molecule has 0 aliphatic heterocycles. The van der Waals surface area contributed by atoms with Gasteiger partial charge in [-0.1, -0.05) is 6.07 Å².